The van der Waals surface area contributed by atoms with Crippen molar-refractivity contribution in [2.75, 3.05) is 25.1 Å². The number of halogens is 1. The lowest BCUT2D eigenvalue weighted by Gasteiger charge is -2.10. The second-order valence-electron chi connectivity index (χ2n) is 4.06. The van der Waals surface area contributed by atoms with E-state index in [9.17, 15) is 16.8 Å². The van der Waals surface area contributed by atoms with Gasteiger partial charge in [0, 0.05) is 6.54 Å². The van der Waals surface area contributed by atoms with E-state index < -0.39 is 20.0 Å². The molecule has 114 valence electrons. The minimum atomic E-state index is -3.83. The lowest BCUT2D eigenvalue weighted by Crippen LogP contribution is -2.33. The standard InChI is InChI=1S/C10H16ClN3O4S2/c1-7-5-8(6-9(12)10(7)11)20(17,18)14-3-4-19(15,16)13-2/h5-6,13-14H,3-4,12H2,1-2H3. The molecule has 0 amide bonds. The van der Waals surface area contributed by atoms with Crippen LogP contribution < -0.4 is 15.2 Å². The molecule has 0 bridgehead atoms. The summed E-state index contributed by atoms with van der Waals surface area (Å²) in [4.78, 5) is -0.0567. The van der Waals surface area contributed by atoms with Crippen LogP contribution in [0.15, 0.2) is 17.0 Å². The predicted molar refractivity (Wildman–Crippen MR) is 78.6 cm³/mol. The first kappa shape index (κ1) is 17.2. The van der Waals surface area contributed by atoms with E-state index in [2.05, 4.69) is 9.44 Å². The minimum Gasteiger partial charge on any atom is -0.397 e. The molecule has 0 aliphatic carbocycles. The van der Waals surface area contributed by atoms with Gasteiger partial charge in [-0.2, -0.15) is 0 Å². The van der Waals surface area contributed by atoms with Gasteiger partial charge < -0.3 is 5.73 Å². The van der Waals surface area contributed by atoms with Crippen molar-refractivity contribution in [3.05, 3.63) is 22.7 Å². The van der Waals surface area contributed by atoms with Gasteiger partial charge in [-0.05, 0) is 31.7 Å². The summed E-state index contributed by atoms with van der Waals surface area (Å²) in [6, 6.07) is 2.60. The molecule has 1 aromatic rings. The van der Waals surface area contributed by atoms with Gasteiger partial charge in [-0.15, -0.1) is 0 Å². The number of sulfonamides is 2. The van der Waals surface area contributed by atoms with E-state index in [0.717, 1.165) is 0 Å². The van der Waals surface area contributed by atoms with Gasteiger partial charge in [0.2, 0.25) is 20.0 Å². The number of aryl methyl sites for hydroxylation is 1. The lowest BCUT2D eigenvalue weighted by atomic mass is 10.2. The second kappa shape index (κ2) is 6.27. The third-order valence-corrected chi connectivity index (χ3v) is 5.86. The molecule has 0 aliphatic rings. The van der Waals surface area contributed by atoms with Crippen molar-refractivity contribution in [1.82, 2.24) is 9.44 Å². The van der Waals surface area contributed by atoms with E-state index in [4.69, 9.17) is 17.3 Å². The molecular weight excluding hydrogens is 326 g/mol. The Morgan fingerprint density at radius 1 is 1.25 bits per heavy atom. The van der Waals surface area contributed by atoms with E-state index in [1.54, 1.807) is 6.92 Å². The molecule has 0 aromatic heterocycles. The average Bonchev–Trinajstić information content (AvgIpc) is 2.34. The Kier molecular flexibility index (Phi) is 5.39. The summed E-state index contributed by atoms with van der Waals surface area (Å²) in [7, 11) is -6.05. The number of nitrogens with one attached hydrogen (secondary N) is 2. The van der Waals surface area contributed by atoms with Crippen LogP contribution in [0.25, 0.3) is 0 Å². The largest absolute Gasteiger partial charge is 0.397 e. The van der Waals surface area contributed by atoms with Gasteiger partial charge in [0.25, 0.3) is 0 Å². The first-order valence-corrected chi connectivity index (χ1v) is 9.07. The number of anilines is 1. The molecule has 10 heteroatoms. The van der Waals surface area contributed by atoms with Crippen LogP contribution in [-0.2, 0) is 20.0 Å². The minimum absolute atomic E-state index is 0.0567. The Balaban J connectivity index is 2.90. The van der Waals surface area contributed by atoms with Crippen molar-refractivity contribution >= 4 is 37.3 Å². The molecule has 0 saturated carbocycles. The predicted octanol–water partition coefficient (Wildman–Crippen LogP) is 0.0581. The molecule has 1 aromatic carbocycles. The maximum atomic E-state index is 12.0. The van der Waals surface area contributed by atoms with Gasteiger partial charge in [-0.25, -0.2) is 26.3 Å². The molecule has 0 heterocycles. The topological polar surface area (TPSA) is 118 Å². The lowest BCUT2D eigenvalue weighted by molar-refractivity contribution is 0.578. The number of nitrogens with two attached hydrogens (primary N) is 1. The molecule has 0 atom stereocenters. The van der Waals surface area contributed by atoms with Crippen LogP contribution in [0.3, 0.4) is 0 Å². The molecule has 1 rings (SSSR count). The van der Waals surface area contributed by atoms with E-state index in [1.807, 2.05) is 0 Å². The van der Waals surface area contributed by atoms with Gasteiger partial charge in [-0.1, -0.05) is 11.6 Å². The van der Waals surface area contributed by atoms with E-state index in [-0.39, 0.29) is 22.9 Å². The fourth-order valence-corrected chi connectivity index (χ4v) is 3.38. The Bertz CT molecular complexity index is 678. The summed E-state index contributed by atoms with van der Waals surface area (Å²) in [5.41, 5.74) is 6.28. The summed E-state index contributed by atoms with van der Waals surface area (Å²) in [6.07, 6.45) is 0. The highest BCUT2D eigenvalue weighted by molar-refractivity contribution is 7.90. The van der Waals surface area contributed by atoms with E-state index >= 15 is 0 Å². The van der Waals surface area contributed by atoms with Gasteiger partial charge in [-0.3, -0.25) is 0 Å². The Morgan fingerprint density at radius 3 is 2.35 bits per heavy atom. The van der Waals surface area contributed by atoms with Crippen molar-refractivity contribution in [3.8, 4) is 0 Å². The first-order chi connectivity index (χ1) is 9.09. The van der Waals surface area contributed by atoms with Crippen LogP contribution in [0, 0.1) is 6.92 Å². The number of hydrogen-bond donors (Lipinski definition) is 3. The molecule has 7 nitrogen and oxygen atoms in total. The van der Waals surface area contributed by atoms with Crippen molar-refractivity contribution in [2.45, 2.75) is 11.8 Å². The molecule has 0 saturated heterocycles. The second-order valence-corrected chi connectivity index (χ2v) is 8.26. The van der Waals surface area contributed by atoms with Crippen LogP contribution >= 0.6 is 11.6 Å². The quantitative estimate of drug-likeness (QED) is 0.632. The molecule has 0 spiro atoms. The number of hydrogen-bond acceptors (Lipinski definition) is 5. The molecule has 4 N–H and O–H groups in total. The molecular formula is C10H16ClN3O4S2. The van der Waals surface area contributed by atoms with Crippen LogP contribution in [-0.4, -0.2) is 36.2 Å². The molecule has 0 fully saturated rings. The number of nitrogen functional groups attached to an aromatic ring is 1. The van der Waals surface area contributed by atoms with Crippen molar-refractivity contribution in [1.29, 1.82) is 0 Å². The Morgan fingerprint density at radius 2 is 1.85 bits per heavy atom. The van der Waals surface area contributed by atoms with Gasteiger partial charge >= 0.3 is 0 Å². The fraction of sp³-hybridized carbons (Fsp3) is 0.400. The molecule has 0 unspecified atom stereocenters. The van der Waals surface area contributed by atoms with Crippen LogP contribution in [0.1, 0.15) is 5.56 Å². The van der Waals surface area contributed by atoms with Crippen LogP contribution in [0.2, 0.25) is 5.02 Å². The number of rotatable bonds is 6. The summed E-state index contributed by atoms with van der Waals surface area (Å²) in [5, 5.41) is 0.293. The van der Waals surface area contributed by atoms with Crippen LogP contribution in [0.4, 0.5) is 5.69 Å². The van der Waals surface area contributed by atoms with Crippen molar-refractivity contribution in [3.63, 3.8) is 0 Å². The third-order valence-electron chi connectivity index (χ3n) is 2.54. The molecule has 20 heavy (non-hydrogen) atoms. The molecule has 0 radical (unpaired) electrons. The van der Waals surface area contributed by atoms with Gasteiger partial charge in [0.05, 0.1) is 21.4 Å². The van der Waals surface area contributed by atoms with Gasteiger partial charge in [0.1, 0.15) is 0 Å². The van der Waals surface area contributed by atoms with Crippen molar-refractivity contribution < 1.29 is 16.8 Å². The maximum Gasteiger partial charge on any atom is 0.240 e. The Hall–Kier alpha value is -0.870. The highest BCUT2D eigenvalue weighted by Crippen LogP contribution is 2.26. The Labute approximate surface area is 123 Å². The van der Waals surface area contributed by atoms with E-state index in [1.165, 1.54) is 19.2 Å². The highest BCUT2D eigenvalue weighted by Gasteiger charge is 2.17. The fourth-order valence-electron chi connectivity index (χ4n) is 1.41. The first-order valence-electron chi connectivity index (χ1n) is 5.55. The summed E-state index contributed by atoms with van der Waals surface area (Å²) in [6.45, 7) is 1.39. The highest BCUT2D eigenvalue weighted by atomic mass is 35.5. The zero-order valence-corrected chi connectivity index (χ0v) is 13.4. The maximum absolute atomic E-state index is 12.0. The van der Waals surface area contributed by atoms with E-state index in [0.29, 0.717) is 10.6 Å². The number of benzene rings is 1. The van der Waals surface area contributed by atoms with Crippen LogP contribution in [0.5, 0.6) is 0 Å². The normalized spacial score (nSPS) is 12.6. The third kappa shape index (κ3) is 4.32. The zero-order chi connectivity index (χ0) is 15.6. The summed E-state index contributed by atoms with van der Waals surface area (Å²) >= 11 is 5.85. The van der Waals surface area contributed by atoms with Gasteiger partial charge in [0.15, 0.2) is 0 Å². The average molecular weight is 342 g/mol. The summed E-state index contributed by atoms with van der Waals surface area (Å²) in [5.74, 6) is -0.356. The smallest absolute Gasteiger partial charge is 0.240 e. The molecule has 0 aliphatic heterocycles. The zero-order valence-electron chi connectivity index (χ0n) is 11.0. The SMILES string of the molecule is CNS(=O)(=O)CCNS(=O)(=O)c1cc(C)c(Cl)c(N)c1. The van der Waals surface area contributed by atoms with Crippen molar-refractivity contribution in [2.24, 2.45) is 0 Å². The monoisotopic (exact) mass is 341 g/mol. The summed E-state index contributed by atoms with van der Waals surface area (Å²) < 4.78 is 50.7.